The van der Waals surface area contributed by atoms with Gasteiger partial charge in [-0.25, -0.2) is 14.8 Å². The summed E-state index contributed by atoms with van der Waals surface area (Å²) in [5.41, 5.74) is 6.28. The van der Waals surface area contributed by atoms with E-state index >= 15 is 0 Å². The van der Waals surface area contributed by atoms with Crippen LogP contribution in [0.3, 0.4) is 0 Å². The maximum Gasteiger partial charge on any atom is 0.422 e. The Morgan fingerprint density at radius 3 is 2.79 bits per heavy atom. The number of nitrogens with one attached hydrogen (secondary N) is 1. The Balaban J connectivity index is 1.84. The predicted molar refractivity (Wildman–Crippen MR) is 95.9 cm³/mol. The summed E-state index contributed by atoms with van der Waals surface area (Å²) in [7, 11) is 0. The third-order valence-electron chi connectivity index (χ3n) is 4.02. The smallest absolute Gasteiger partial charge is 0.422 e. The zero-order chi connectivity index (χ0) is 20.6. The second-order valence-electron chi connectivity index (χ2n) is 6.18. The van der Waals surface area contributed by atoms with Gasteiger partial charge in [0.25, 0.3) is 0 Å². The first kappa shape index (κ1) is 21.6. The van der Waals surface area contributed by atoms with E-state index in [9.17, 15) is 18.0 Å². The third kappa shape index (κ3) is 7.12. The minimum absolute atomic E-state index is 0.0293. The zero-order valence-electron chi connectivity index (χ0n) is 15.5. The number of hydrogen-bond acceptors (Lipinski definition) is 5. The van der Waals surface area contributed by atoms with Gasteiger partial charge in [-0.2, -0.15) is 13.2 Å². The minimum Gasteiger partial charge on any atom is -0.468 e. The highest BCUT2D eigenvalue weighted by Crippen LogP contribution is 2.20. The molecule has 1 amide bonds. The number of alkyl halides is 3. The molecule has 0 aromatic carbocycles. The number of ether oxygens (including phenoxy) is 2. The lowest BCUT2D eigenvalue weighted by atomic mass is 10.1. The van der Waals surface area contributed by atoms with Gasteiger partial charge in [0.2, 0.25) is 5.88 Å². The molecule has 0 bridgehead atoms. The summed E-state index contributed by atoms with van der Waals surface area (Å²) < 4.78 is 46.7. The SMILES string of the molecule is CCOC(=O)N1CCC(NC(N)=NCc2cccnc2OCC(F)(F)F)CC1. The van der Waals surface area contributed by atoms with Crippen LogP contribution in [-0.2, 0) is 11.3 Å². The van der Waals surface area contributed by atoms with Crippen molar-refractivity contribution in [2.75, 3.05) is 26.3 Å². The number of amides is 1. The van der Waals surface area contributed by atoms with Crippen LogP contribution in [0.2, 0.25) is 0 Å². The van der Waals surface area contributed by atoms with E-state index in [1.807, 2.05) is 0 Å². The fourth-order valence-corrected chi connectivity index (χ4v) is 2.67. The van der Waals surface area contributed by atoms with Gasteiger partial charge in [-0.1, -0.05) is 6.07 Å². The van der Waals surface area contributed by atoms with Crippen molar-refractivity contribution in [3.63, 3.8) is 0 Å². The fourth-order valence-electron chi connectivity index (χ4n) is 2.67. The molecule has 1 aliphatic rings. The van der Waals surface area contributed by atoms with Crippen LogP contribution >= 0.6 is 0 Å². The van der Waals surface area contributed by atoms with Gasteiger partial charge in [-0.15, -0.1) is 0 Å². The summed E-state index contributed by atoms with van der Waals surface area (Å²) in [6.07, 6.45) is -2.07. The molecule has 0 spiro atoms. The second kappa shape index (κ2) is 10.00. The first-order valence-electron chi connectivity index (χ1n) is 8.90. The largest absolute Gasteiger partial charge is 0.468 e. The number of rotatable bonds is 6. The summed E-state index contributed by atoms with van der Waals surface area (Å²) in [6.45, 7) is 1.78. The average Bonchev–Trinajstić information content (AvgIpc) is 2.65. The Morgan fingerprint density at radius 1 is 1.43 bits per heavy atom. The maximum atomic E-state index is 12.3. The van der Waals surface area contributed by atoms with Gasteiger partial charge in [0, 0.05) is 30.9 Å². The molecule has 0 radical (unpaired) electrons. The van der Waals surface area contributed by atoms with Gasteiger partial charge in [-0.05, 0) is 25.8 Å². The van der Waals surface area contributed by atoms with Crippen molar-refractivity contribution in [1.29, 1.82) is 0 Å². The highest BCUT2D eigenvalue weighted by molar-refractivity contribution is 5.78. The third-order valence-corrected chi connectivity index (χ3v) is 4.02. The van der Waals surface area contributed by atoms with Crippen LogP contribution in [0.1, 0.15) is 25.3 Å². The van der Waals surface area contributed by atoms with Crippen LogP contribution in [-0.4, -0.2) is 60.5 Å². The maximum absolute atomic E-state index is 12.3. The number of carbonyl (C=O) groups excluding carboxylic acids is 1. The van der Waals surface area contributed by atoms with Gasteiger partial charge in [-0.3, -0.25) is 0 Å². The lowest BCUT2D eigenvalue weighted by Gasteiger charge is -2.31. The van der Waals surface area contributed by atoms with Crippen molar-refractivity contribution in [2.24, 2.45) is 10.7 Å². The number of halogens is 3. The molecule has 0 atom stereocenters. The molecule has 1 aromatic heterocycles. The molecule has 28 heavy (non-hydrogen) atoms. The van der Waals surface area contributed by atoms with Crippen molar-refractivity contribution in [2.45, 2.75) is 38.5 Å². The van der Waals surface area contributed by atoms with E-state index in [2.05, 4.69) is 15.3 Å². The molecule has 0 unspecified atom stereocenters. The van der Waals surface area contributed by atoms with E-state index in [1.165, 1.54) is 6.20 Å². The van der Waals surface area contributed by atoms with Crippen molar-refractivity contribution in [3.8, 4) is 5.88 Å². The van der Waals surface area contributed by atoms with Crippen molar-refractivity contribution >= 4 is 12.1 Å². The number of nitrogens with two attached hydrogens (primary N) is 1. The predicted octanol–water partition coefficient (Wildman–Crippen LogP) is 2.05. The van der Waals surface area contributed by atoms with E-state index in [0.717, 1.165) is 0 Å². The normalized spacial score (nSPS) is 16.0. The Bertz CT molecular complexity index is 676. The van der Waals surface area contributed by atoms with E-state index in [1.54, 1.807) is 24.0 Å². The second-order valence-corrected chi connectivity index (χ2v) is 6.18. The first-order valence-corrected chi connectivity index (χ1v) is 8.90. The molecule has 11 heteroatoms. The lowest BCUT2D eigenvalue weighted by molar-refractivity contribution is -0.154. The minimum atomic E-state index is -4.45. The molecule has 1 aliphatic heterocycles. The molecular weight excluding hydrogens is 379 g/mol. The molecular formula is C17H24F3N5O3. The van der Waals surface area contributed by atoms with E-state index in [4.69, 9.17) is 15.2 Å². The Labute approximate surface area is 160 Å². The van der Waals surface area contributed by atoms with Crippen LogP contribution in [0.5, 0.6) is 5.88 Å². The average molecular weight is 403 g/mol. The summed E-state index contributed by atoms with van der Waals surface area (Å²) in [4.78, 5) is 21.3. The van der Waals surface area contributed by atoms with E-state index in [0.29, 0.717) is 38.1 Å². The molecule has 0 aliphatic carbocycles. The number of aliphatic imine (C=N–C) groups is 1. The fraction of sp³-hybridized carbons (Fsp3) is 0.588. The number of hydrogen-bond donors (Lipinski definition) is 2. The highest BCUT2D eigenvalue weighted by Gasteiger charge is 2.29. The first-order chi connectivity index (χ1) is 13.3. The molecule has 156 valence electrons. The number of likely N-dealkylation sites (tertiary alicyclic amines) is 1. The summed E-state index contributed by atoms with van der Waals surface area (Å²) in [5, 5.41) is 3.06. The van der Waals surface area contributed by atoms with Gasteiger partial charge in [0.15, 0.2) is 12.6 Å². The van der Waals surface area contributed by atoms with E-state index < -0.39 is 12.8 Å². The Kier molecular flexibility index (Phi) is 7.70. The van der Waals surface area contributed by atoms with Crippen molar-refractivity contribution in [3.05, 3.63) is 23.9 Å². The standard InChI is InChI=1S/C17H24F3N5O3/c1-2-27-16(26)25-8-5-13(6-9-25)24-15(21)23-10-12-4-3-7-22-14(12)28-11-17(18,19)20/h3-4,7,13H,2,5-6,8-11H2,1H3,(H3,21,23,24). The Hall–Kier alpha value is -2.72. The number of carbonyl (C=O) groups is 1. The monoisotopic (exact) mass is 403 g/mol. The van der Waals surface area contributed by atoms with Gasteiger partial charge in [0.1, 0.15) is 0 Å². The van der Waals surface area contributed by atoms with Gasteiger partial charge >= 0.3 is 12.3 Å². The summed E-state index contributed by atoms with van der Waals surface area (Å²) in [6, 6.07) is 3.21. The summed E-state index contributed by atoms with van der Waals surface area (Å²) >= 11 is 0. The van der Waals surface area contributed by atoms with Crippen LogP contribution in [0.15, 0.2) is 23.3 Å². The molecule has 0 saturated carbocycles. The zero-order valence-corrected chi connectivity index (χ0v) is 15.5. The van der Waals surface area contributed by atoms with Crippen LogP contribution < -0.4 is 15.8 Å². The molecule has 2 rings (SSSR count). The topological polar surface area (TPSA) is 102 Å². The van der Waals surface area contributed by atoms with Crippen molar-refractivity contribution < 1.29 is 27.4 Å². The molecule has 1 aromatic rings. The van der Waals surface area contributed by atoms with Gasteiger partial charge < -0.3 is 25.4 Å². The molecule has 8 nitrogen and oxygen atoms in total. The van der Waals surface area contributed by atoms with Crippen LogP contribution in [0.4, 0.5) is 18.0 Å². The van der Waals surface area contributed by atoms with Gasteiger partial charge in [0.05, 0.1) is 13.2 Å². The Morgan fingerprint density at radius 2 is 2.14 bits per heavy atom. The quantitative estimate of drug-likeness (QED) is 0.557. The highest BCUT2D eigenvalue weighted by atomic mass is 19.4. The van der Waals surface area contributed by atoms with Crippen LogP contribution in [0.25, 0.3) is 0 Å². The molecule has 3 N–H and O–H groups in total. The van der Waals surface area contributed by atoms with Crippen LogP contribution in [0, 0.1) is 0 Å². The molecule has 1 saturated heterocycles. The number of piperidine rings is 1. The molecule has 1 fully saturated rings. The number of pyridine rings is 1. The van der Waals surface area contributed by atoms with E-state index in [-0.39, 0.29) is 30.5 Å². The summed E-state index contributed by atoms with van der Waals surface area (Å²) in [5.74, 6) is 0.0410. The number of nitrogens with zero attached hydrogens (tertiary/aromatic N) is 3. The number of guanidine groups is 1. The number of aromatic nitrogens is 1. The van der Waals surface area contributed by atoms with Crippen molar-refractivity contribution in [1.82, 2.24) is 15.2 Å². The molecule has 2 heterocycles. The lowest BCUT2D eigenvalue weighted by Crippen LogP contribution is -2.48.